The summed E-state index contributed by atoms with van der Waals surface area (Å²) < 4.78 is 29.3. The first-order valence-corrected chi connectivity index (χ1v) is 8.94. The summed E-state index contributed by atoms with van der Waals surface area (Å²) in [6, 6.07) is 10.5. The Morgan fingerprint density at radius 3 is 2.54 bits per heavy atom. The lowest BCUT2D eigenvalue weighted by Gasteiger charge is -2.16. The van der Waals surface area contributed by atoms with Crippen LogP contribution >= 0.6 is 11.6 Å². The molecule has 3 rings (SSSR count). The molecule has 0 saturated heterocycles. The summed E-state index contributed by atoms with van der Waals surface area (Å²) in [7, 11) is -3.55. The number of benzene rings is 2. The second kappa shape index (κ2) is 5.92. The number of ether oxygens (including phenoxy) is 1. The molecule has 24 heavy (non-hydrogen) atoms. The normalized spacial score (nSPS) is 15.0. The molecule has 1 heterocycles. The Labute approximate surface area is 143 Å². The van der Waals surface area contributed by atoms with Gasteiger partial charge in [-0.15, -0.1) is 0 Å². The number of amides is 1. The fourth-order valence-electron chi connectivity index (χ4n) is 2.46. The number of rotatable bonds is 2. The lowest BCUT2D eigenvalue weighted by atomic mass is 10.1. The van der Waals surface area contributed by atoms with Gasteiger partial charge in [-0.3, -0.25) is 14.5 Å². The lowest BCUT2D eigenvalue weighted by Crippen LogP contribution is -2.30. The van der Waals surface area contributed by atoms with Gasteiger partial charge in [-0.05, 0) is 24.3 Å². The third-order valence-corrected chi connectivity index (χ3v) is 5.39. The van der Waals surface area contributed by atoms with Crippen molar-refractivity contribution < 1.29 is 22.7 Å². The molecule has 0 aliphatic carbocycles. The molecule has 1 aliphatic heterocycles. The number of nitrogens with zero attached hydrogens (tertiary/aromatic N) is 1. The zero-order valence-corrected chi connectivity index (χ0v) is 14.1. The Hall–Kier alpha value is -2.38. The maximum Gasteiger partial charge on any atom is 0.308 e. The molecule has 0 aromatic heterocycles. The van der Waals surface area contributed by atoms with E-state index in [2.05, 4.69) is 0 Å². The van der Waals surface area contributed by atoms with Gasteiger partial charge in [0.2, 0.25) is 0 Å². The van der Waals surface area contributed by atoms with Crippen molar-refractivity contribution in [2.24, 2.45) is 0 Å². The van der Waals surface area contributed by atoms with Crippen LogP contribution in [0, 0.1) is 0 Å². The number of esters is 1. The summed E-state index contributed by atoms with van der Waals surface area (Å²) in [4.78, 5) is 25.0. The van der Waals surface area contributed by atoms with Gasteiger partial charge >= 0.3 is 5.97 Å². The van der Waals surface area contributed by atoms with E-state index in [0.29, 0.717) is 5.69 Å². The Kier molecular flexibility index (Phi) is 4.06. The average molecular weight is 366 g/mol. The highest BCUT2D eigenvalue weighted by Gasteiger charge is 2.36. The predicted molar refractivity (Wildman–Crippen MR) is 88.1 cm³/mol. The number of anilines is 1. The quantitative estimate of drug-likeness (QED) is 0.603. The number of hydrogen-bond acceptors (Lipinski definition) is 5. The Balaban J connectivity index is 1.98. The van der Waals surface area contributed by atoms with E-state index in [1.165, 1.54) is 31.2 Å². The first-order valence-electron chi connectivity index (χ1n) is 6.91. The van der Waals surface area contributed by atoms with Gasteiger partial charge in [-0.1, -0.05) is 23.7 Å². The molecule has 0 radical (unpaired) electrons. The molecule has 2 aromatic rings. The highest BCUT2D eigenvalue weighted by molar-refractivity contribution is 7.92. The Morgan fingerprint density at radius 2 is 1.88 bits per heavy atom. The second-order valence-electron chi connectivity index (χ2n) is 5.18. The van der Waals surface area contributed by atoms with Gasteiger partial charge in [-0.25, -0.2) is 8.42 Å². The number of halogens is 1. The van der Waals surface area contributed by atoms with Crippen molar-refractivity contribution in [1.82, 2.24) is 0 Å². The molecule has 0 fully saturated rings. The van der Waals surface area contributed by atoms with Crippen molar-refractivity contribution in [3.05, 3.63) is 53.1 Å². The van der Waals surface area contributed by atoms with Crippen LogP contribution in [0.2, 0.25) is 5.02 Å². The number of sulfone groups is 1. The van der Waals surface area contributed by atoms with E-state index in [1.54, 1.807) is 18.2 Å². The minimum Gasteiger partial charge on any atom is -0.427 e. The second-order valence-corrected chi connectivity index (χ2v) is 7.51. The van der Waals surface area contributed by atoms with E-state index in [0.717, 1.165) is 4.90 Å². The maximum atomic E-state index is 12.7. The van der Waals surface area contributed by atoms with Crippen LogP contribution in [0.1, 0.15) is 17.3 Å². The number of fused-ring (bicyclic) bond motifs is 1. The third kappa shape index (κ3) is 2.88. The lowest BCUT2D eigenvalue weighted by molar-refractivity contribution is -0.131. The fourth-order valence-corrected chi connectivity index (χ4v) is 4.23. The molecule has 0 N–H and O–H groups in total. The van der Waals surface area contributed by atoms with Crippen molar-refractivity contribution in [2.45, 2.75) is 11.8 Å². The fraction of sp³-hybridized carbons (Fsp3) is 0.125. The van der Waals surface area contributed by atoms with Crippen LogP contribution in [-0.2, 0) is 14.6 Å². The molecule has 2 aromatic carbocycles. The van der Waals surface area contributed by atoms with Gasteiger partial charge < -0.3 is 4.74 Å². The molecule has 8 heteroatoms. The first-order chi connectivity index (χ1) is 11.3. The topological polar surface area (TPSA) is 80.8 Å². The first kappa shape index (κ1) is 16.5. The molecule has 124 valence electrons. The van der Waals surface area contributed by atoms with Crippen molar-refractivity contribution in [3.8, 4) is 5.75 Å². The molecule has 0 saturated carbocycles. The van der Waals surface area contributed by atoms with Gasteiger partial charge in [0.1, 0.15) is 11.6 Å². The molecule has 1 aliphatic rings. The van der Waals surface area contributed by atoms with Gasteiger partial charge in [0, 0.05) is 13.0 Å². The van der Waals surface area contributed by atoms with Crippen LogP contribution in [0.3, 0.4) is 0 Å². The monoisotopic (exact) mass is 365 g/mol. The molecule has 0 spiro atoms. The third-order valence-electron chi connectivity index (χ3n) is 3.47. The summed E-state index contributed by atoms with van der Waals surface area (Å²) in [6.07, 6.45) is 0. The molecule has 1 amide bonds. The van der Waals surface area contributed by atoms with E-state index >= 15 is 0 Å². The van der Waals surface area contributed by atoms with Gasteiger partial charge in [0.05, 0.1) is 21.2 Å². The van der Waals surface area contributed by atoms with Crippen molar-refractivity contribution in [1.29, 1.82) is 0 Å². The smallest absolute Gasteiger partial charge is 0.308 e. The summed E-state index contributed by atoms with van der Waals surface area (Å²) >= 11 is 6.10. The summed E-state index contributed by atoms with van der Waals surface area (Å²) in [5.74, 6) is -1.28. The van der Waals surface area contributed by atoms with Gasteiger partial charge in [0.25, 0.3) is 5.91 Å². The number of carbonyl (C=O) groups is 2. The van der Waals surface area contributed by atoms with E-state index < -0.39 is 27.6 Å². The Morgan fingerprint density at radius 1 is 1.17 bits per heavy atom. The molecule has 0 unspecified atom stereocenters. The van der Waals surface area contributed by atoms with Gasteiger partial charge in [-0.2, -0.15) is 0 Å². The van der Waals surface area contributed by atoms with Crippen molar-refractivity contribution in [2.75, 3.05) is 10.8 Å². The Bertz CT molecular complexity index is 955. The summed E-state index contributed by atoms with van der Waals surface area (Å²) in [6.45, 7) is 1.25. The number of carbonyl (C=O) groups excluding carboxylic acids is 2. The molecular formula is C16H12ClNO5S. The predicted octanol–water partition coefficient (Wildman–Crippen LogP) is 2.66. The van der Waals surface area contributed by atoms with Crippen molar-refractivity contribution >= 4 is 39.0 Å². The number of hydrogen-bond donors (Lipinski definition) is 0. The van der Waals surface area contributed by atoms with Crippen LogP contribution in [0.25, 0.3) is 0 Å². The standard InChI is InChI=1S/C16H12ClNO5S/c1-10(19)23-11-6-7-12(13(17)8-11)16(20)18-9-24(21,22)15-5-3-2-4-14(15)18/h2-8H,9H2,1H3. The minimum atomic E-state index is -3.55. The van der Waals surface area contributed by atoms with E-state index in [1.807, 2.05) is 0 Å². The van der Waals surface area contributed by atoms with Crippen LogP contribution in [0.5, 0.6) is 5.75 Å². The molecule has 6 nitrogen and oxygen atoms in total. The molecular weight excluding hydrogens is 354 g/mol. The number of para-hydroxylation sites is 1. The average Bonchev–Trinajstić information content (AvgIpc) is 2.78. The zero-order valence-electron chi connectivity index (χ0n) is 12.5. The van der Waals surface area contributed by atoms with Crippen LogP contribution in [0.15, 0.2) is 47.4 Å². The highest BCUT2D eigenvalue weighted by atomic mass is 35.5. The summed E-state index contributed by atoms with van der Waals surface area (Å²) in [5, 5.41) is 0.0699. The summed E-state index contributed by atoms with van der Waals surface area (Å²) in [5.41, 5.74) is 0.446. The minimum absolute atomic E-state index is 0.0699. The van der Waals surface area contributed by atoms with Crippen molar-refractivity contribution in [3.63, 3.8) is 0 Å². The molecule has 0 bridgehead atoms. The van der Waals surface area contributed by atoms with Crippen LogP contribution in [0.4, 0.5) is 5.69 Å². The van der Waals surface area contributed by atoms with E-state index in [9.17, 15) is 18.0 Å². The van der Waals surface area contributed by atoms with E-state index in [-0.39, 0.29) is 21.2 Å². The molecule has 0 atom stereocenters. The van der Waals surface area contributed by atoms with Gasteiger partial charge in [0.15, 0.2) is 9.84 Å². The SMILES string of the molecule is CC(=O)Oc1ccc(C(=O)N2CS(=O)(=O)c3ccccc32)c(Cl)c1. The van der Waals surface area contributed by atoms with E-state index in [4.69, 9.17) is 16.3 Å². The van der Waals surface area contributed by atoms with Crippen LogP contribution in [-0.4, -0.2) is 26.2 Å². The largest absolute Gasteiger partial charge is 0.427 e. The zero-order chi connectivity index (χ0) is 17.5. The maximum absolute atomic E-state index is 12.7. The highest BCUT2D eigenvalue weighted by Crippen LogP contribution is 2.35. The van der Waals surface area contributed by atoms with Crippen LogP contribution < -0.4 is 9.64 Å².